The lowest BCUT2D eigenvalue weighted by molar-refractivity contribution is -0.154. The number of esters is 1. The summed E-state index contributed by atoms with van der Waals surface area (Å²) in [5.74, 6) is -0.386. The fraction of sp³-hybridized carbons (Fsp3) is 0.788. The van der Waals surface area contributed by atoms with Crippen molar-refractivity contribution in [3.8, 4) is 0 Å². The Hall–Kier alpha value is -1.84. The summed E-state index contributed by atoms with van der Waals surface area (Å²) in [6, 6.07) is 0. The lowest BCUT2D eigenvalue weighted by atomic mass is 10.0. The molecular weight excluding hydrogens is 800 g/mol. The van der Waals surface area contributed by atoms with Gasteiger partial charge in [-0.3, -0.25) is 13.8 Å². The van der Waals surface area contributed by atoms with E-state index in [0.717, 1.165) is 77.0 Å². The van der Waals surface area contributed by atoms with Crippen molar-refractivity contribution in [1.29, 1.82) is 0 Å². The highest BCUT2D eigenvalue weighted by molar-refractivity contribution is 7.47. The largest absolute Gasteiger partial charge is 0.472 e. The maximum absolute atomic E-state index is 12.7. The maximum atomic E-state index is 12.7. The third kappa shape index (κ3) is 47.6. The minimum Gasteiger partial charge on any atom is -0.457 e. The van der Waals surface area contributed by atoms with E-state index in [9.17, 15) is 19.4 Å². The summed E-state index contributed by atoms with van der Waals surface area (Å²) in [4.78, 5) is 22.7. The van der Waals surface area contributed by atoms with Gasteiger partial charge in [0.2, 0.25) is 0 Å². The van der Waals surface area contributed by atoms with Crippen LogP contribution in [0.25, 0.3) is 0 Å². The Labute approximate surface area is 380 Å². The van der Waals surface area contributed by atoms with Gasteiger partial charge in [0.15, 0.2) is 0 Å². The number of phosphoric acid groups is 1. The zero-order chi connectivity index (χ0) is 45.3. The van der Waals surface area contributed by atoms with Crippen LogP contribution in [0.5, 0.6) is 0 Å². The van der Waals surface area contributed by atoms with Gasteiger partial charge in [-0.25, -0.2) is 4.57 Å². The molecule has 0 aliphatic rings. The summed E-state index contributed by atoms with van der Waals surface area (Å²) in [5.41, 5.74) is 0. The fourth-order valence-corrected chi connectivity index (χ4v) is 7.70. The summed E-state index contributed by atoms with van der Waals surface area (Å²) in [5, 5.41) is 18.4. The number of aliphatic hydroxyl groups is 2. The van der Waals surface area contributed by atoms with Crippen LogP contribution >= 0.6 is 7.82 Å². The quantitative estimate of drug-likeness (QED) is 0.0236. The highest BCUT2D eigenvalue weighted by Gasteiger charge is 2.26. The Morgan fingerprint density at radius 2 is 0.919 bits per heavy atom. The van der Waals surface area contributed by atoms with E-state index in [1.807, 2.05) is 0 Å². The van der Waals surface area contributed by atoms with Gasteiger partial charge < -0.3 is 24.6 Å². The molecule has 3 unspecified atom stereocenters. The van der Waals surface area contributed by atoms with E-state index in [1.165, 1.54) is 122 Å². The monoisotopic (exact) mass is 895 g/mol. The van der Waals surface area contributed by atoms with E-state index in [1.54, 1.807) is 0 Å². The first-order valence-corrected chi connectivity index (χ1v) is 26.8. The molecule has 0 spiro atoms. The highest BCUT2D eigenvalue weighted by atomic mass is 31.2. The van der Waals surface area contributed by atoms with Gasteiger partial charge in [-0.15, -0.1) is 0 Å². The average molecular weight is 895 g/mol. The van der Waals surface area contributed by atoms with Gasteiger partial charge >= 0.3 is 13.8 Å². The van der Waals surface area contributed by atoms with Crippen molar-refractivity contribution in [2.24, 2.45) is 0 Å². The smallest absolute Gasteiger partial charge is 0.457 e. The Bertz CT molecular complexity index is 1150. The van der Waals surface area contributed by atoms with Crippen LogP contribution in [0.3, 0.4) is 0 Å². The van der Waals surface area contributed by atoms with Crippen LogP contribution in [0, 0.1) is 0 Å². The Kier molecular flexibility index (Phi) is 47.2. The van der Waals surface area contributed by atoms with Gasteiger partial charge in [-0.2, -0.15) is 0 Å². The third-order valence-corrected chi connectivity index (χ3v) is 11.7. The molecule has 0 fully saturated rings. The second-order valence-corrected chi connectivity index (χ2v) is 18.3. The molecule has 10 heteroatoms. The summed E-state index contributed by atoms with van der Waals surface area (Å²) in [6.07, 6.45) is 57.5. The van der Waals surface area contributed by atoms with Crippen molar-refractivity contribution in [2.45, 2.75) is 232 Å². The zero-order valence-electron chi connectivity index (χ0n) is 39.8. The molecule has 362 valence electrons. The first-order chi connectivity index (χ1) is 30.3. The van der Waals surface area contributed by atoms with Crippen molar-refractivity contribution in [3.05, 3.63) is 60.8 Å². The van der Waals surface area contributed by atoms with Crippen molar-refractivity contribution in [2.75, 3.05) is 33.0 Å². The summed E-state index contributed by atoms with van der Waals surface area (Å²) in [7, 11) is -4.53. The average Bonchev–Trinajstić information content (AvgIpc) is 3.26. The lowest BCUT2D eigenvalue weighted by Crippen LogP contribution is -2.29. The number of unbranched alkanes of at least 4 members (excludes halogenated alkanes) is 24. The standard InChI is InChI=1S/C52H95O9P/c1-3-5-7-9-11-13-15-17-19-21-23-24-25-27-29-31-33-35-37-39-41-43-45-58-48-51(49-60-62(56,57)59-47-50(54)46-53)61-52(55)44-42-40-38-36-34-32-30-28-26-22-20-18-16-14-12-10-8-6-4-2/h5,7,11,13,17,19,23-24,27,29,50-51,53-54H,3-4,6,8-10,12,14-16,18,20-22,25-26,28,30-49H2,1-2H3,(H,56,57)/b7-5-,13-11-,19-17-,24-23-,29-27-. The van der Waals surface area contributed by atoms with E-state index in [4.69, 9.17) is 23.6 Å². The van der Waals surface area contributed by atoms with Crippen LogP contribution in [0.2, 0.25) is 0 Å². The van der Waals surface area contributed by atoms with Crippen LogP contribution < -0.4 is 0 Å². The highest BCUT2D eigenvalue weighted by Crippen LogP contribution is 2.43. The summed E-state index contributed by atoms with van der Waals surface area (Å²) in [6.45, 7) is 3.40. The number of allylic oxidation sites excluding steroid dienone is 10. The lowest BCUT2D eigenvalue weighted by Gasteiger charge is -2.20. The summed E-state index contributed by atoms with van der Waals surface area (Å²) >= 11 is 0. The van der Waals surface area contributed by atoms with Crippen molar-refractivity contribution in [3.63, 3.8) is 0 Å². The molecule has 3 N–H and O–H groups in total. The molecule has 0 heterocycles. The molecule has 0 radical (unpaired) electrons. The van der Waals surface area contributed by atoms with Gasteiger partial charge in [0.05, 0.1) is 26.4 Å². The Balaban J connectivity index is 4.12. The third-order valence-electron chi connectivity index (χ3n) is 10.7. The van der Waals surface area contributed by atoms with Crippen LogP contribution in [-0.4, -0.2) is 66.3 Å². The number of rotatable bonds is 48. The molecule has 0 bridgehead atoms. The second-order valence-electron chi connectivity index (χ2n) is 16.8. The van der Waals surface area contributed by atoms with E-state index in [2.05, 4.69) is 74.6 Å². The molecule has 0 saturated carbocycles. The van der Waals surface area contributed by atoms with E-state index >= 15 is 0 Å². The van der Waals surface area contributed by atoms with Crippen LogP contribution in [-0.2, 0) is 27.9 Å². The first kappa shape index (κ1) is 60.2. The second kappa shape index (κ2) is 48.6. The van der Waals surface area contributed by atoms with Crippen molar-refractivity contribution >= 4 is 13.8 Å². The minimum absolute atomic E-state index is 0.0391. The Morgan fingerprint density at radius 3 is 1.39 bits per heavy atom. The Morgan fingerprint density at radius 1 is 0.516 bits per heavy atom. The molecule has 0 aliphatic heterocycles. The predicted molar refractivity (Wildman–Crippen MR) is 260 cm³/mol. The van der Waals surface area contributed by atoms with Gasteiger partial charge in [-0.1, -0.05) is 216 Å². The van der Waals surface area contributed by atoms with E-state index < -0.39 is 33.2 Å². The minimum atomic E-state index is -4.53. The number of carbonyl (C=O) groups is 1. The van der Waals surface area contributed by atoms with Gasteiger partial charge in [0.25, 0.3) is 0 Å². The maximum Gasteiger partial charge on any atom is 0.472 e. The molecule has 9 nitrogen and oxygen atoms in total. The fourth-order valence-electron chi connectivity index (χ4n) is 6.91. The van der Waals surface area contributed by atoms with Crippen LogP contribution in [0.4, 0.5) is 0 Å². The molecule has 0 saturated heterocycles. The summed E-state index contributed by atoms with van der Waals surface area (Å²) < 4.78 is 33.5. The predicted octanol–water partition coefficient (Wildman–Crippen LogP) is 14.7. The molecule has 0 aromatic heterocycles. The molecule has 3 atom stereocenters. The SMILES string of the molecule is CC/C=C\C/C=C\C/C=C\C/C=C\C/C=C\CCCCCCCCOCC(COP(=O)(O)OCC(O)CO)OC(=O)CCCCCCCCCCCCCCCCCCCCC. The molecule has 62 heavy (non-hydrogen) atoms. The molecule has 0 rings (SSSR count). The molecule has 0 aromatic rings. The van der Waals surface area contributed by atoms with Gasteiger partial charge in [0.1, 0.15) is 12.2 Å². The van der Waals surface area contributed by atoms with Crippen LogP contribution in [0.15, 0.2) is 60.8 Å². The van der Waals surface area contributed by atoms with Crippen molar-refractivity contribution in [1.82, 2.24) is 0 Å². The van der Waals surface area contributed by atoms with Crippen LogP contribution in [0.1, 0.15) is 219 Å². The number of hydrogen-bond acceptors (Lipinski definition) is 8. The molecule has 0 amide bonds. The number of hydrogen-bond donors (Lipinski definition) is 3. The normalized spacial score (nSPS) is 14.3. The molecule has 0 aliphatic carbocycles. The van der Waals surface area contributed by atoms with Gasteiger partial charge in [0, 0.05) is 13.0 Å². The van der Waals surface area contributed by atoms with Crippen molar-refractivity contribution < 1.29 is 43.0 Å². The number of aliphatic hydroxyl groups excluding tert-OH is 2. The first-order valence-electron chi connectivity index (χ1n) is 25.3. The molecule has 0 aromatic carbocycles. The topological polar surface area (TPSA) is 132 Å². The van der Waals surface area contributed by atoms with E-state index in [0.29, 0.717) is 6.61 Å². The number of carbonyl (C=O) groups excluding carboxylic acids is 1. The van der Waals surface area contributed by atoms with Gasteiger partial charge in [-0.05, 0) is 57.8 Å². The number of phosphoric ester groups is 1. The zero-order valence-corrected chi connectivity index (χ0v) is 40.7. The van der Waals surface area contributed by atoms with E-state index in [-0.39, 0.29) is 25.6 Å². The molecular formula is C52H95O9P. The number of ether oxygens (including phenoxy) is 2.